The summed E-state index contributed by atoms with van der Waals surface area (Å²) in [7, 11) is 0. The second-order valence-electron chi connectivity index (χ2n) is 3.62. The summed E-state index contributed by atoms with van der Waals surface area (Å²) >= 11 is 5.80. The third kappa shape index (κ3) is 3.43. The first-order valence-electron chi connectivity index (χ1n) is 5.40. The highest BCUT2D eigenvalue weighted by Gasteiger charge is 2.03. The quantitative estimate of drug-likeness (QED) is 0.667. The van der Waals surface area contributed by atoms with Gasteiger partial charge in [-0.15, -0.1) is 0 Å². The number of benzene rings is 2. The lowest BCUT2D eigenvalue weighted by Gasteiger charge is -1.99. The Morgan fingerprint density at radius 2 is 1.89 bits per heavy atom. The molecule has 0 spiro atoms. The lowest BCUT2D eigenvalue weighted by atomic mass is 10.2. The van der Waals surface area contributed by atoms with Crippen molar-refractivity contribution in [1.82, 2.24) is 5.43 Å². The Bertz CT molecular complexity index is 567. The van der Waals surface area contributed by atoms with Crippen LogP contribution in [0.2, 0.25) is 5.02 Å². The largest absolute Gasteiger partial charge is 0.271 e. The molecule has 0 unspecified atom stereocenters. The molecule has 0 fully saturated rings. The highest BCUT2D eigenvalue weighted by Crippen LogP contribution is 2.10. The Kier molecular flexibility index (Phi) is 4.10. The van der Waals surface area contributed by atoms with Gasteiger partial charge in [0.2, 0.25) is 0 Å². The molecule has 90 valence electrons. The topological polar surface area (TPSA) is 41.5 Å². The normalized spacial score (nSPS) is 10.5. The molecule has 2 rings (SSSR count). The van der Waals surface area contributed by atoms with Crippen LogP contribution in [0.4, 0.5) is 0 Å². The number of carbonyl (C=O) groups is 1. The van der Waals surface area contributed by atoms with Gasteiger partial charge in [-0.1, -0.05) is 48.0 Å². The van der Waals surface area contributed by atoms with Crippen LogP contribution in [0.25, 0.3) is 0 Å². The molecular weight excluding hydrogens is 248 g/mol. The summed E-state index contributed by atoms with van der Waals surface area (Å²) in [6.07, 6.45) is 1.59. The third-order valence-corrected chi connectivity index (χ3v) is 2.50. The summed E-state index contributed by atoms with van der Waals surface area (Å²) in [6.45, 7) is 0. The van der Waals surface area contributed by atoms with Crippen LogP contribution in [0.15, 0.2) is 59.7 Å². The van der Waals surface area contributed by atoms with Gasteiger partial charge in [0.25, 0.3) is 5.91 Å². The minimum atomic E-state index is -0.287. The van der Waals surface area contributed by atoms with Gasteiger partial charge in [0.05, 0.1) is 6.21 Å². The van der Waals surface area contributed by atoms with Crippen LogP contribution in [0.3, 0.4) is 0 Å². The molecule has 1 amide bonds. The van der Waals surface area contributed by atoms with E-state index in [9.17, 15) is 4.79 Å². The van der Waals surface area contributed by atoms with E-state index in [4.69, 9.17) is 11.6 Å². The fourth-order valence-electron chi connectivity index (χ4n) is 1.40. The van der Waals surface area contributed by atoms with E-state index in [-0.39, 0.29) is 5.91 Å². The summed E-state index contributed by atoms with van der Waals surface area (Å²) in [5.41, 5.74) is 3.85. The Hall–Kier alpha value is -2.13. The van der Waals surface area contributed by atoms with E-state index in [1.54, 1.807) is 30.5 Å². The first-order valence-corrected chi connectivity index (χ1v) is 5.77. The first kappa shape index (κ1) is 12.3. The van der Waals surface area contributed by atoms with E-state index in [1.165, 1.54) is 0 Å². The standard InChI is InChI=1S/C14H11ClN2O/c15-13-8-4-7-12(9-13)14(18)17-16-10-11-5-2-1-3-6-11/h1-10H,(H,17,18)/b16-10+. The summed E-state index contributed by atoms with van der Waals surface area (Å²) < 4.78 is 0. The summed E-state index contributed by atoms with van der Waals surface area (Å²) in [4.78, 5) is 11.7. The van der Waals surface area contributed by atoms with Crippen molar-refractivity contribution in [2.45, 2.75) is 0 Å². The lowest BCUT2D eigenvalue weighted by Crippen LogP contribution is -2.17. The molecule has 18 heavy (non-hydrogen) atoms. The maximum absolute atomic E-state index is 11.7. The van der Waals surface area contributed by atoms with E-state index in [2.05, 4.69) is 10.5 Å². The number of nitrogens with zero attached hydrogens (tertiary/aromatic N) is 1. The number of nitrogens with one attached hydrogen (secondary N) is 1. The van der Waals surface area contributed by atoms with Crippen molar-refractivity contribution in [3.8, 4) is 0 Å². The maximum Gasteiger partial charge on any atom is 0.271 e. The minimum Gasteiger partial charge on any atom is -0.267 e. The highest BCUT2D eigenvalue weighted by molar-refractivity contribution is 6.30. The molecule has 0 saturated carbocycles. The SMILES string of the molecule is O=C(N/N=C/c1ccccc1)c1cccc(Cl)c1. The number of halogens is 1. The fourth-order valence-corrected chi connectivity index (χ4v) is 1.59. The third-order valence-electron chi connectivity index (χ3n) is 2.27. The Morgan fingerprint density at radius 1 is 1.11 bits per heavy atom. The van der Waals surface area contributed by atoms with E-state index in [0.717, 1.165) is 5.56 Å². The van der Waals surface area contributed by atoms with Gasteiger partial charge >= 0.3 is 0 Å². The lowest BCUT2D eigenvalue weighted by molar-refractivity contribution is 0.0955. The number of hydrazone groups is 1. The molecule has 0 radical (unpaired) electrons. The predicted molar refractivity (Wildman–Crippen MR) is 73.0 cm³/mol. The molecule has 2 aromatic rings. The summed E-state index contributed by atoms with van der Waals surface area (Å²) in [6, 6.07) is 16.2. The Balaban J connectivity index is 1.99. The van der Waals surface area contributed by atoms with Crippen LogP contribution < -0.4 is 5.43 Å². The first-order chi connectivity index (χ1) is 8.75. The van der Waals surface area contributed by atoms with Crippen LogP contribution in [0.1, 0.15) is 15.9 Å². The van der Waals surface area contributed by atoms with E-state index < -0.39 is 0 Å². The molecule has 0 aliphatic carbocycles. The summed E-state index contributed by atoms with van der Waals surface area (Å²) in [5.74, 6) is -0.287. The molecule has 0 bridgehead atoms. The smallest absolute Gasteiger partial charge is 0.267 e. The number of rotatable bonds is 3. The number of hydrogen-bond acceptors (Lipinski definition) is 2. The van der Waals surface area contributed by atoms with E-state index >= 15 is 0 Å². The summed E-state index contributed by atoms with van der Waals surface area (Å²) in [5, 5.41) is 4.40. The average molecular weight is 259 g/mol. The van der Waals surface area contributed by atoms with Gasteiger partial charge in [-0.25, -0.2) is 5.43 Å². The minimum absolute atomic E-state index is 0.287. The van der Waals surface area contributed by atoms with Crippen molar-refractivity contribution < 1.29 is 4.79 Å². The molecule has 0 aliphatic heterocycles. The fraction of sp³-hybridized carbons (Fsp3) is 0. The molecule has 0 saturated heterocycles. The van der Waals surface area contributed by atoms with E-state index in [1.807, 2.05) is 30.3 Å². The van der Waals surface area contributed by atoms with Crippen LogP contribution in [0.5, 0.6) is 0 Å². The molecule has 0 aromatic heterocycles. The van der Waals surface area contributed by atoms with Crippen molar-refractivity contribution in [1.29, 1.82) is 0 Å². The molecule has 0 heterocycles. The van der Waals surface area contributed by atoms with Crippen LogP contribution >= 0.6 is 11.6 Å². The molecule has 0 atom stereocenters. The second-order valence-corrected chi connectivity index (χ2v) is 4.06. The number of hydrogen-bond donors (Lipinski definition) is 1. The zero-order valence-electron chi connectivity index (χ0n) is 9.51. The van der Waals surface area contributed by atoms with Gasteiger partial charge in [0.15, 0.2) is 0 Å². The van der Waals surface area contributed by atoms with Crippen molar-refractivity contribution in [3.05, 3.63) is 70.7 Å². The van der Waals surface area contributed by atoms with Gasteiger partial charge in [-0.3, -0.25) is 4.79 Å². The van der Waals surface area contributed by atoms with Crippen molar-refractivity contribution in [2.24, 2.45) is 5.10 Å². The zero-order chi connectivity index (χ0) is 12.8. The monoisotopic (exact) mass is 258 g/mol. The Labute approximate surface area is 110 Å². The predicted octanol–water partition coefficient (Wildman–Crippen LogP) is 3.10. The maximum atomic E-state index is 11.7. The van der Waals surface area contributed by atoms with Crippen molar-refractivity contribution in [2.75, 3.05) is 0 Å². The molecule has 4 heteroatoms. The van der Waals surface area contributed by atoms with Crippen LogP contribution in [-0.4, -0.2) is 12.1 Å². The molecule has 0 aliphatic rings. The highest BCUT2D eigenvalue weighted by atomic mass is 35.5. The number of carbonyl (C=O) groups excluding carboxylic acids is 1. The molecular formula is C14H11ClN2O. The van der Waals surface area contributed by atoms with Crippen molar-refractivity contribution in [3.63, 3.8) is 0 Å². The molecule has 3 nitrogen and oxygen atoms in total. The van der Waals surface area contributed by atoms with Gasteiger partial charge < -0.3 is 0 Å². The second kappa shape index (κ2) is 5.98. The molecule has 2 aromatic carbocycles. The Morgan fingerprint density at radius 3 is 2.61 bits per heavy atom. The van der Waals surface area contributed by atoms with Gasteiger partial charge in [0.1, 0.15) is 0 Å². The van der Waals surface area contributed by atoms with Gasteiger partial charge in [0, 0.05) is 10.6 Å². The number of amides is 1. The van der Waals surface area contributed by atoms with Crippen LogP contribution in [0, 0.1) is 0 Å². The zero-order valence-corrected chi connectivity index (χ0v) is 10.3. The van der Waals surface area contributed by atoms with Gasteiger partial charge in [-0.05, 0) is 23.8 Å². The van der Waals surface area contributed by atoms with Crippen LogP contribution in [-0.2, 0) is 0 Å². The van der Waals surface area contributed by atoms with Crippen molar-refractivity contribution >= 4 is 23.7 Å². The van der Waals surface area contributed by atoms with E-state index in [0.29, 0.717) is 10.6 Å². The average Bonchev–Trinajstić information content (AvgIpc) is 2.40. The molecule has 1 N–H and O–H groups in total. The van der Waals surface area contributed by atoms with Gasteiger partial charge in [-0.2, -0.15) is 5.10 Å².